The van der Waals surface area contributed by atoms with Crippen molar-refractivity contribution in [2.75, 3.05) is 6.54 Å². The molecule has 0 aliphatic rings. The van der Waals surface area contributed by atoms with Crippen LogP contribution in [0.2, 0.25) is 0 Å². The third-order valence-corrected chi connectivity index (χ3v) is 4.28. The molecule has 2 rings (SSSR count). The van der Waals surface area contributed by atoms with Gasteiger partial charge in [-0.15, -0.1) is 11.3 Å². The lowest BCUT2D eigenvalue weighted by atomic mass is 10.0. The van der Waals surface area contributed by atoms with E-state index in [0.29, 0.717) is 10.0 Å². The van der Waals surface area contributed by atoms with Crippen molar-refractivity contribution in [1.29, 1.82) is 0 Å². The van der Waals surface area contributed by atoms with Gasteiger partial charge < -0.3 is 5.32 Å². The second kappa shape index (κ2) is 5.95. The molecule has 1 heterocycles. The van der Waals surface area contributed by atoms with Gasteiger partial charge in [-0.3, -0.25) is 0 Å². The molecule has 1 aromatic heterocycles. The highest BCUT2D eigenvalue weighted by Crippen LogP contribution is 2.30. The van der Waals surface area contributed by atoms with Crippen LogP contribution in [0.15, 0.2) is 34.1 Å². The van der Waals surface area contributed by atoms with E-state index in [2.05, 4.69) is 39.6 Å². The lowest BCUT2D eigenvalue weighted by Crippen LogP contribution is -2.22. The largest absolute Gasteiger partial charge is 0.306 e. The first kappa shape index (κ1) is 13.7. The minimum Gasteiger partial charge on any atom is -0.306 e. The summed E-state index contributed by atoms with van der Waals surface area (Å²) in [4.78, 5) is 1.24. The molecule has 0 radical (unpaired) electrons. The Morgan fingerprint density at radius 1 is 1.44 bits per heavy atom. The monoisotopic (exact) mass is 327 g/mol. The zero-order valence-corrected chi connectivity index (χ0v) is 12.7. The molecule has 96 valence electrons. The number of hydrogen-bond acceptors (Lipinski definition) is 2. The van der Waals surface area contributed by atoms with Crippen molar-refractivity contribution in [2.24, 2.45) is 0 Å². The number of rotatable bonds is 4. The molecular weight excluding hydrogens is 313 g/mol. The average Bonchev–Trinajstić information content (AvgIpc) is 2.77. The Labute approximate surface area is 119 Å². The van der Waals surface area contributed by atoms with Crippen molar-refractivity contribution in [3.8, 4) is 0 Å². The van der Waals surface area contributed by atoms with E-state index < -0.39 is 0 Å². The third-order valence-electron chi connectivity index (χ3n) is 2.78. The van der Waals surface area contributed by atoms with E-state index in [1.54, 1.807) is 17.4 Å². The lowest BCUT2D eigenvalue weighted by molar-refractivity contribution is 0.555. The highest BCUT2D eigenvalue weighted by atomic mass is 79.9. The van der Waals surface area contributed by atoms with Gasteiger partial charge in [0.2, 0.25) is 0 Å². The lowest BCUT2D eigenvalue weighted by Gasteiger charge is -2.18. The van der Waals surface area contributed by atoms with E-state index in [1.165, 1.54) is 4.88 Å². The second-order valence-corrected chi connectivity index (χ2v) is 6.09. The molecule has 1 atom stereocenters. The van der Waals surface area contributed by atoms with Gasteiger partial charge in [0.05, 0.1) is 10.5 Å². The molecule has 18 heavy (non-hydrogen) atoms. The summed E-state index contributed by atoms with van der Waals surface area (Å²) in [5.41, 5.74) is 1.81. The summed E-state index contributed by atoms with van der Waals surface area (Å²) < 4.78 is 14.7. The normalized spacial score (nSPS) is 12.7. The first-order valence-corrected chi connectivity index (χ1v) is 7.53. The summed E-state index contributed by atoms with van der Waals surface area (Å²) in [5.74, 6) is -0.188. The van der Waals surface area contributed by atoms with Crippen molar-refractivity contribution in [2.45, 2.75) is 19.9 Å². The van der Waals surface area contributed by atoms with Gasteiger partial charge in [0.15, 0.2) is 0 Å². The van der Waals surface area contributed by atoms with Crippen LogP contribution in [0.3, 0.4) is 0 Å². The number of thiophene rings is 1. The van der Waals surface area contributed by atoms with Gasteiger partial charge >= 0.3 is 0 Å². The fourth-order valence-corrected chi connectivity index (χ4v) is 3.08. The molecule has 1 unspecified atom stereocenters. The summed E-state index contributed by atoms with van der Waals surface area (Å²) in [6.45, 7) is 4.89. The highest BCUT2D eigenvalue weighted by molar-refractivity contribution is 9.10. The number of halogens is 2. The van der Waals surface area contributed by atoms with Crippen LogP contribution in [0.5, 0.6) is 0 Å². The van der Waals surface area contributed by atoms with Crippen LogP contribution in [-0.4, -0.2) is 6.54 Å². The van der Waals surface area contributed by atoms with Crippen molar-refractivity contribution in [3.05, 3.63) is 55.9 Å². The molecule has 2 aromatic rings. The van der Waals surface area contributed by atoms with Crippen molar-refractivity contribution in [3.63, 3.8) is 0 Å². The molecule has 1 nitrogen and oxygen atoms in total. The van der Waals surface area contributed by atoms with Gasteiger partial charge in [0.25, 0.3) is 0 Å². The zero-order valence-electron chi connectivity index (χ0n) is 10.3. The van der Waals surface area contributed by atoms with Crippen LogP contribution in [0.1, 0.15) is 29.0 Å². The van der Waals surface area contributed by atoms with Crippen molar-refractivity contribution < 1.29 is 4.39 Å². The van der Waals surface area contributed by atoms with Crippen molar-refractivity contribution >= 4 is 27.3 Å². The standard InChI is InChI=1S/C14H15BrFNS/c1-3-17-14(10-7-9(2)18-8-10)11-5-4-6-12(15)13(11)16/h4-8,14,17H,3H2,1-2H3. The Kier molecular flexibility index (Phi) is 4.54. The molecule has 0 spiro atoms. The Hall–Kier alpha value is -0.710. The molecule has 0 aliphatic carbocycles. The molecule has 0 aliphatic heterocycles. The quantitative estimate of drug-likeness (QED) is 0.861. The predicted octanol–water partition coefficient (Wildman–Crippen LogP) is 4.66. The minimum absolute atomic E-state index is 0.0857. The molecule has 0 saturated heterocycles. The Balaban J connectivity index is 2.44. The number of nitrogens with one attached hydrogen (secondary N) is 1. The maximum absolute atomic E-state index is 14.2. The fraction of sp³-hybridized carbons (Fsp3) is 0.286. The van der Waals surface area contributed by atoms with E-state index in [4.69, 9.17) is 0 Å². The maximum Gasteiger partial charge on any atom is 0.142 e. The molecule has 0 saturated carbocycles. The highest BCUT2D eigenvalue weighted by Gasteiger charge is 2.19. The fourth-order valence-electron chi connectivity index (χ4n) is 1.97. The Morgan fingerprint density at radius 2 is 2.22 bits per heavy atom. The van der Waals surface area contributed by atoms with Gasteiger partial charge in [-0.05, 0) is 52.5 Å². The first-order valence-electron chi connectivity index (χ1n) is 5.85. The van der Waals surface area contributed by atoms with Gasteiger partial charge in [-0.2, -0.15) is 0 Å². The Bertz CT molecular complexity index is 538. The van der Waals surface area contributed by atoms with Crippen LogP contribution in [-0.2, 0) is 0 Å². The van der Waals surface area contributed by atoms with E-state index in [9.17, 15) is 4.39 Å². The van der Waals surface area contributed by atoms with Gasteiger partial charge in [0, 0.05) is 10.4 Å². The summed E-state index contributed by atoms with van der Waals surface area (Å²) in [7, 11) is 0. The molecule has 0 amide bonds. The van der Waals surface area contributed by atoms with Crippen LogP contribution < -0.4 is 5.32 Å². The molecule has 0 bridgehead atoms. The smallest absolute Gasteiger partial charge is 0.142 e. The summed E-state index contributed by atoms with van der Waals surface area (Å²) in [6.07, 6.45) is 0. The molecule has 1 aromatic carbocycles. The zero-order chi connectivity index (χ0) is 13.1. The van der Waals surface area contributed by atoms with E-state index >= 15 is 0 Å². The van der Waals surface area contributed by atoms with Crippen LogP contribution in [0.25, 0.3) is 0 Å². The summed E-state index contributed by atoms with van der Waals surface area (Å²) in [5, 5.41) is 5.43. The Morgan fingerprint density at radius 3 is 2.83 bits per heavy atom. The first-order chi connectivity index (χ1) is 8.63. The number of aryl methyl sites for hydroxylation is 1. The minimum atomic E-state index is -0.188. The topological polar surface area (TPSA) is 12.0 Å². The molecule has 4 heteroatoms. The van der Waals surface area contributed by atoms with Crippen LogP contribution in [0.4, 0.5) is 4.39 Å². The van der Waals surface area contributed by atoms with E-state index in [1.807, 2.05) is 19.1 Å². The number of hydrogen-bond donors (Lipinski definition) is 1. The van der Waals surface area contributed by atoms with Gasteiger partial charge in [0.1, 0.15) is 5.82 Å². The van der Waals surface area contributed by atoms with Crippen LogP contribution in [0, 0.1) is 12.7 Å². The van der Waals surface area contributed by atoms with Crippen molar-refractivity contribution in [1.82, 2.24) is 5.32 Å². The predicted molar refractivity (Wildman–Crippen MR) is 78.7 cm³/mol. The molecule has 0 fully saturated rings. The SMILES string of the molecule is CCNC(c1csc(C)c1)c1cccc(Br)c1F. The summed E-state index contributed by atoms with van der Waals surface area (Å²) >= 11 is 4.93. The average molecular weight is 328 g/mol. The maximum atomic E-state index is 14.2. The van der Waals surface area contributed by atoms with Crippen LogP contribution >= 0.6 is 27.3 Å². The second-order valence-electron chi connectivity index (χ2n) is 4.12. The van der Waals surface area contributed by atoms with Gasteiger partial charge in [-0.1, -0.05) is 19.1 Å². The molecular formula is C14H15BrFNS. The molecule has 1 N–H and O–H groups in total. The van der Waals surface area contributed by atoms with E-state index in [-0.39, 0.29) is 11.9 Å². The van der Waals surface area contributed by atoms with E-state index in [0.717, 1.165) is 12.1 Å². The van der Waals surface area contributed by atoms with Gasteiger partial charge in [-0.25, -0.2) is 4.39 Å². The number of benzene rings is 1. The third kappa shape index (κ3) is 2.82. The summed E-state index contributed by atoms with van der Waals surface area (Å²) in [6, 6.07) is 7.45.